The molecule has 36 heavy (non-hydrogen) atoms. The van der Waals surface area contributed by atoms with Gasteiger partial charge in [-0.2, -0.15) is 5.10 Å². The highest BCUT2D eigenvalue weighted by Gasteiger charge is 2.39. The SMILES string of the molecule is Cc1ccc(-n2ncc3cc(C(Cc4ccccc4)C(C)(C)C(=O)NC4CCOCC4)ccc32)cc1. The largest absolute Gasteiger partial charge is 0.381 e. The number of hydrogen-bond acceptors (Lipinski definition) is 3. The van der Waals surface area contributed by atoms with E-state index in [0.29, 0.717) is 13.2 Å². The number of rotatable bonds is 7. The van der Waals surface area contributed by atoms with Crippen LogP contribution in [0.25, 0.3) is 16.6 Å². The predicted octanol–water partition coefficient (Wildman–Crippen LogP) is 5.98. The molecule has 1 N–H and O–H groups in total. The van der Waals surface area contributed by atoms with Crippen molar-refractivity contribution in [2.24, 2.45) is 5.41 Å². The van der Waals surface area contributed by atoms with Crippen LogP contribution in [0.1, 0.15) is 49.3 Å². The lowest BCUT2D eigenvalue weighted by Crippen LogP contribution is -2.47. The van der Waals surface area contributed by atoms with Crippen molar-refractivity contribution in [3.05, 3.63) is 95.7 Å². The molecule has 5 heteroatoms. The van der Waals surface area contributed by atoms with Gasteiger partial charge in [-0.1, -0.05) is 67.9 Å². The minimum Gasteiger partial charge on any atom is -0.381 e. The Labute approximate surface area is 213 Å². The topological polar surface area (TPSA) is 56.2 Å². The number of hydrogen-bond donors (Lipinski definition) is 1. The van der Waals surface area contributed by atoms with E-state index in [1.54, 1.807) is 0 Å². The van der Waals surface area contributed by atoms with Crippen molar-refractivity contribution in [3.63, 3.8) is 0 Å². The van der Waals surface area contributed by atoms with Crippen LogP contribution >= 0.6 is 0 Å². The molecule has 186 valence electrons. The summed E-state index contributed by atoms with van der Waals surface area (Å²) in [6, 6.07) is 25.6. The number of amides is 1. The van der Waals surface area contributed by atoms with Crippen LogP contribution in [-0.4, -0.2) is 34.9 Å². The number of ether oxygens (including phenoxy) is 1. The van der Waals surface area contributed by atoms with Gasteiger partial charge in [0, 0.05) is 30.6 Å². The molecule has 1 aromatic heterocycles. The molecule has 4 aromatic rings. The molecule has 0 spiro atoms. The lowest BCUT2D eigenvalue weighted by Gasteiger charge is -2.36. The molecule has 1 atom stereocenters. The molecule has 1 aliphatic heterocycles. The minimum atomic E-state index is -0.602. The Hall–Kier alpha value is -3.44. The summed E-state index contributed by atoms with van der Waals surface area (Å²) in [6.07, 6.45) is 4.45. The fourth-order valence-electron chi connectivity index (χ4n) is 5.17. The fourth-order valence-corrected chi connectivity index (χ4v) is 5.17. The van der Waals surface area contributed by atoms with Gasteiger partial charge in [0.25, 0.3) is 0 Å². The van der Waals surface area contributed by atoms with Crippen molar-refractivity contribution in [3.8, 4) is 5.69 Å². The molecule has 1 aliphatic rings. The van der Waals surface area contributed by atoms with Crippen molar-refractivity contribution in [1.29, 1.82) is 0 Å². The molecule has 0 aliphatic carbocycles. The first-order valence-electron chi connectivity index (χ1n) is 12.9. The molecular formula is C31H35N3O2. The van der Waals surface area contributed by atoms with Crippen LogP contribution in [0.15, 0.2) is 79.0 Å². The molecule has 1 saturated heterocycles. The number of carbonyl (C=O) groups excluding carboxylic acids is 1. The molecule has 1 amide bonds. The van der Waals surface area contributed by atoms with E-state index in [2.05, 4.69) is 97.9 Å². The van der Waals surface area contributed by atoms with Gasteiger partial charge in [0.05, 0.1) is 22.8 Å². The highest BCUT2D eigenvalue weighted by Crippen LogP contribution is 2.40. The van der Waals surface area contributed by atoms with Gasteiger partial charge >= 0.3 is 0 Å². The van der Waals surface area contributed by atoms with Crippen molar-refractivity contribution in [2.45, 2.75) is 52.0 Å². The van der Waals surface area contributed by atoms with Crippen molar-refractivity contribution in [2.75, 3.05) is 13.2 Å². The van der Waals surface area contributed by atoms with Gasteiger partial charge in [-0.25, -0.2) is 4.68 Å². The normalized spacial score (nSPS) is 15.6. The first-order chi connectivity index (χ1) is 17.4. The van der Waals surface area contributed by atoms with Gasteiger partial charge in [0.15, 0.2) is 0 Å². The quantitative estimate of drug-likeness (QED) is 0.353. The van der Waals surface area contributed by atoms with Crippen LogP contribution in [0.2, 0.25) is 0 Å². The Morgan fingerprint density at radius 2 is 1.78 bits per heavy atom. The summed E-state index contributed by atoms with van der Waals surface area (Å²) in [7, 11) is 0. The van der Waals surface area contributed by atoms with Gasteiger partial charge in [-0.15, -0.1) is 0 Å². The molecule has 5 nitrogen and oxygen atoms in total. The smallest absolute Gasteiger partial charge is 0.226 e. The summed E-state index contributed by atoms with van der Waals surface area (Å²) >= 11 is 0. The Kier molecular flexibility index (Phi) is 6.92. The Balaban J connectivity index is 1.49. The number of fused-ring (bicyclic) bond motifs is 1. The van der Waals surface area contributed by atoms with Crippen molar-refractivity contribution >= 4 is 16.8 Å². The molecule has 5 rings (SSSR count). The second-order valence-corrected chi connectivity index (χ2v) is 10.5. The third-order valence-electron chi connectivity index (χ3n) is 7.57. The van der Waals surface area contributed by atoms with Crippen LogP contribution in [0.3, 0.4) is 0 Å². The molecule has 1 fully saturated rings. The highest BCUT2D eigenvalue weighted by molar-refractivity contribution is 5.85. The maximum absolute atomic E-state index is 13.6. The van der Waals surface area contributed by atoms with E-state index in [1.165, 1.54) is 11.1 Å². The Morgan fingerprint density at radius 1 is 1.06 bits per heavy atom. The zero-order valence-electron chi connectivity index (χ0n) is 21.4. The maximum Gasteiger partial charge on any atom is 0.226 e. The molecular weight excluding hydrogens is 446 g/mol. The number of benzene rings is 3. The van der Waals surface area contributed by atoms with Crippen molar-refractivity contribution < 1.29 is 9.53 Å². The summed E-state index contributed by atoms with van der Waals surface area (Å²) in [5.41, 5.74) is 5.11. The molecule has 0 radical (unpaired) electrons. The summed E-state index contributed by atoms with van der Waals surface area (Å²) in [5.74, 6) is 0.109. The minimum absolute atomic E-state index is 0.00636. The third-order valence-corrected chi connectivity index (χ3v) is 7.57. The van der Waals surface area contributed by atoms with E-state index in [9.17, 15) is 4.79 Å². The van der Waals surface area contributed by atoms with Gasteiger partial charge in [-0.05, 0) is 61.6 Å². The first-order valence-corrected chi connectivity index (χ1v) is 12.9. The molecule has 3 aromatic carbocycles. The van der Waals surface area contributed by atoms with Gasteiger partial charge in [0.1, 0.15) is 0 Å². The van der Waals surface area contributed by atoms with Crippen LogP contribution in [-0.2, 0) is 16.0 Å². The monoisotopic (exact) mass is 481 g/mol. The van der Waals surface area contributed by atoms with Crippen LogP contribution in [0, 0.1) is 12.3 Å². The average molecular weight is 482 g/mol. The maximum atomic E-state index is 13.6. The summed E-state index contributed by atoms with van der Waals surface area (Å²) in [4.78, 5) is 13.6. The Morgan fingerprint density at radius 3 is 2.50 bits per heavy atom. The second kappa shape index (κ2) is 10.3. The van der Waals surface area contributed by atoms with E-state index < -0.39 is 5.41 Å². The van der Waals surface area contributed by atoms with Gasteiger partial charge in [-0.3, -0.25) is 4.79 Å². The fraction of sp³-hybridized carbons (Fsp3) is 0.355. The van der Waals surface area contributed by atoms with E-state index in [1.807, 2.05) is 16.9 Å². The summed E-state index contributed by atoms with van der Waals surface area (Å²) in [5, 5.41) is 9.08. The van der Waals surface area contributed by atoms with E-state index >= 15 is 0 Å². The van der Waals surface area contributed by atoms with E-state index in [0.717, 1.165) is 41.4 Å². The predicted molar refractivity (Wildman–Crippen MR) is 144 cm³/mol. The number of aryl methyl sites for hydroxylation is 1. The average Bonchev–Trinajstić information content (AvgIpc) is 3.32. The second-order valence-electron chi connectivity index (χ2n) is 10.5. The van der Waals surface area contributed by atoms with Crippen LogP contribution < -0.4 is 5.32 Å². The third kappa shape index (κ3) is 5.07. The standard InChI is InChI=1S/C31H35N3O2/c1-22-9-12-27(13-10-22)34-29-14-11-24(20-25(29)21-32-34)28(19-23-7-5-4-6-8-23)31(2,3)30(35)33-26-15-17-36-18-16-26/h4-14,20-21,26,28H,15-19H2,1-3H3,(H,33,35). The van der Waals surface area contributed by atoms with E-state index in [4.69, 9.17) is 4.74 Å². The summed E-state index contributed by atoms with van der Waals surface area (Å²) in [6.45, 7) is 7.66. The summed E-state index contributed by atoms with van der Waals surface area (Å²) < 4.78 is 7.46. The number of nitrogens with zero attached hydrogens (tertiary/aromatic N) is 2. The highest BCUT2D eigenvalue weighted by atomic mass is 16.5. The van der Waals surface area contributed by atoms with Crippen LogP contribution in [0.4, 0.5) is 0 Å². The van der Waals surface area contributed by atoms with Gasteiger partial charge < -0.3 is 10.1 Å². The molecule has 0 bridgehead atoms. The van der Waals surface area contributed by atoms with Crippen LogP contribution in [0.5, 0.6) is 0 Å². The van der Waals surface area contributed by atoms with Crippen molar-refractivity contribution in [1.82, 2.24) is 15.1 Å². The van der Waals surface area contributed by atoms with Gasteiger partial charge in [0.2, 0.25) is 5.91 Å². The number of aromatic nitrogens is 2. The molecule has 1 unspecified atom stereocenters. The number of carbonyl (C=O) groups is 1. The first kappa shape index (κ1) is 24.3. The zero-order valence-corrected chi connectivity index (χ0v) is 21.4. The Bertz CT molecular complexity index is 1320. The number of nitrogens with one attached hydrogen (secondary N) is 1. The lowest BCUT2D eigenvalue weighted by molar-refractivity contribution is -0.132. The zero-order chi connectivity index (χ0) is 25.1. The lowest BCUT2D eigenvalue weighted by atomic mass is 9.71. The molecule has 2 heterocycles. The molecule has 0 saturated carbocycles. The van der Waals surface area contributed by atoms with E-state index in [-0.39, 0.29) is 17.9 Å².